The van der Waals surface area contributed by atoms with Crippen LogP contribution in [0.5, 0.6) is 0 Å². The van der Waals surface area contributed by atoms with Crippen LogP contribution in [0.2, 0.25) is 5.02 Å². The summed E-state index contributed by atoms with van der Waals surface area (Å²) in [6.07, 6.45) is 2.63. The van der Waals surface area contributed by atoms with Crippen molar-refractivity contribution in [1.29, 1.82) is 0 Å². The lowest BCUT2D eigenvalue weighted by Gasteiger charge is -2.20. The first-order valence-corrected chi connectivity index (χ1v) is 6.74. The maximum Gasteiger partial charge on any atom is 0.243 e. The number of carbonyl (C=O) groups is 1. The van der Waals surface area contributed by atoms with Crippen molar-refractivity contribution >= 4 is 23.4 Å². The van der Waals surface area contributed by atoms with E-state index < -0.39 is 6.23 Å². The van der Waals surface area contributed by atoms with Gasteiger partial charge in [-0.2, -0.15) is 5.01 Å². The second-order valence-corrected chi connectivity index (χ2v) is 4.91. The second-order valence-electron chi connectivity index (χ2n) is 4.50. The van der Waals surface area contributed by atoms with Gasteiger partial charge in [0.1, 0.15) is 0 Å². The molecular weight excluding hydrogens is 290 g/mol. The van der Waals surface area contributed by atoms with Gasteiger partial charge in [0.25, 0.3) is 0 Å². The first kappa shape index (κ1) is 13.6. The summed E-state index contributed by atoms with van der Waals surface area (Å²) < 4.78 is 5.82. The molecule has 0 saturated heterocycles. The molecule has 1 aliphatic rings. The molecule has 6 heteroatoms. The lowest BCUT2D eigenvalue weighted by molar-refractivity contribution is -0.135. The SMILES string of the molecule is CC(=O)N1N=C(c2cccnc2)O[C@H]1c1ccccc1Cl. The molecule has 1 amide bonds. The standard InChI is InChI=1S/C15H12ClN3O2/c1-10(20)19-15(12-6-2-3-7-13(12)16)21-14(18-19)11-5-4-8-17-9-11/h2-9,15H,1H3/t15-/m0/s1. The van der Waals surface area contributed by atoms with Crippen LogP contribution in [0, 0.1) is 0 Å². The molecule has 21 heavy (non-hydrogen) atoms. The minimum absolute atomic E-state index is 0.223. The third-order valence-corrected chi connectivity index (χ3v) is 3.39. The summed E-state index contributed by atoms with van der Waals surface area (Å²) in [6, 6.07) is 10.8. The van der Waals surface area contributed by atoms with E-state index in [9.17, 15) is 4.79 Å². The zero-order valence-corrected chi connectivity index (χ0v) is 12.0. The van der Waals surface area contributed by atoms with E-state index in [-0.39, 0.29) is 5.91 Å². The van der Waals surface area contributed by atoms with Crippen LogP contribution in [0.4, 0.5) is 0 Å². The fourth-order valence-corrected chi connectivity index (χ4v) is 2.28. The molecule has 0 fully saturated rings. The number of hydrogen-bond acceptors (Lipinski definition) is 4. The number of carbonyl (C=O) groups excluding carboxylic acids is 1. The zero-order valence-electron chi connectivity index (χ0n) is 11.2. The molecule has 0 saturated carbocycles. The molecular formula is C15H12ClN3O2. The topological polar surface area (TPSA) is 54.8 Å². The quantitative estimate of drug-likeness (QED) is 0.857. The van der Waals surface area contributed by atoms with Crippen LogP contribution in [0.15, 0.2) is 53.9 Å². The molecule has 3 rings (SSSR count). The lowest BCUT2D eigenvalue weighted by Crippen LogP contribution is -2.25. The third-order valence-electron chi connectivity index (χ3n) is 3.05. The normalized spacial score (nSPS) is 17.3. The van der Waals surface area contributed by atoms with E-state index in [2.05, 4.69) is 10.1 Å². The minimum Gasteiger partial charge on any atom is -0.446 e. The Hall–Kier alpha value is -2.40. The lowest BCUT2D eigenvalue weighted by atomic mass is 10.2. The van der Waals surface area contributed by atoms with Gasteiger partial charge in [0.05, 0.1) is 5.56 Å². The Kier molecular flexibility index (Phi) is 3.58. The Labute approximate surface area is 126 Å². The van der Waals surface area contributed by atoms with E-state index in [0.717, 1.165) is 0 Å². The van der Waals surface area contributed by atoms with Crippen LogP contribution < -0.4 is 0 Å². The van der Waals surface area contributed by atoms with Gasteiger partial charge in [-0.3, -0.25) is 9.78 Å². The highest BCUT2D eigenvalue weighted by Crippen LogP contribution is 2.33. The van der Waals surface area contributed by atoms with Gasteiger partial charge in [-0.05, 0) is 18.2 Å². The van der Waals surface area contributed by atoms with Crippen molar-refractivity contribution in [2.75, 3.05) is 0 Å². The first-order chi connectivity index (χ1) is 10.2. The number of halogens is 1. The van der Waals surface area contributed by atoms with Gasteiger partial charge in [0, 0.05) is 29.9 Å². The van der Waals surface area contributed by atoms with Crippen LogP contribution >= 0.6 is 11.6 Å². The Morgan fingerprint density at radius 3 is 2.76 bits per heavy atom. The van der Waals surface area contributed by atoms with Crippen LogP contribution in [0.25, 0.3) is 0 Å². The molecule has 0 radical (unpaired) electrons. The van der Waals surface area contributed by atoms with E-state index in [1.54, 1.807) is 24.5 Å². The molecule has 0 bridgehead atoms. The average Bonchev–Trinajstić information content (AvgIpc) is 2.94. The van der Waals surface area contributed by atoms with Crippen molar-refractivity contribution in [3.8, 4) is 0 Å². The van der Waals surface area contributed by atoms with Crippen LogP contribution in [-0.2, 0) is 9.53 Å². The summed E-state index contributed by atoms with van der Waals surface area (Å²) in [6.45, 7) is 1.43. The van der Waals surface area contributed by atoms with E-state index in [0.29, 0.717) is 22.0 Å². The van der Waals surface area contributed by atoms with E-state index in [4.69, 9.17) is 16.3 Å². The third kappa shape index (κ3) is 2.60. The number of amides is 1. The predicted octanol–water partition coefficient (Wildman–Crippen LogP) is 2.97. The van der Waals surface area contributed by atoms with E-state index in [1.807, 2.05) is 24.3 Å². The number of ether oxygens (including phenoxy) is 1. The minimum atomic E-state index is -0.661. The summed E-state index contributed by atoms with van der Waals surface area (Å²) in [7, 11) is 0. The van der Waals surface area contributed by atoms with Gasteiger partial charge in [0.15, 0.2) is 0 Å². The maximum absolute atomic E-state index is 11.8. The monoisotopic (exact) mass is 301 g/mol. The van der Waals surface area contributed by atoms with Crippen LogP contribution in [0.1, 0.15) is 24.3 Å². The molecule has 1 aromatic carbocycles. The number of hydrogen-bond donors (Lipinski definition) is 0. The first-order valence-electron chi connectivity index (χ1n) is 6.36. The summed E-state index contributed by atoms with van der Waals surface area (Å²) in [5, 5.41) is 6.04. The molecule has 2 heterocycles. The zero-order chi connectivity index (χ0) is 14.8. The number of benzene rings is 1. The number of hydrazone groups is 1. The van der Waals surface area contributed by atoms with Gasteiger partial charge in [-0.25, -0.2) is 0 Å². The molecule has 0 spiro atoms. The number of aromatic nitrogens is 1. The Morgan fingerprint density at radius 2 is 2.10 bits per heavy atom. The van der Waals surface area contributed by atoms with E-state index >= 15 is 0 Å². The van der Waals surface area contributed by atoms with Gasteiger partial charge >= 0.3 is 0 Å². The van der Waals surface area contributed by atoms with Gasteiger partial charge in [-0.1, -0.05) is 29.8 Å². The fraction of sp³-hybridized carbons (Fsp3) is 0.133. The molecule has 0 N–H and O–H groups in total. The summed E-state index contributed by atoms with van der Waals surface area (Å²) in [5.41, 5.74) is 1.40. The Morgan fingerprint density at radius 1 is 1.29 bits per heavy atom. The van der Waals surface area contributed by atoms with Gasteiger partial charge in [0.2, 0.25) is 18.0 Å². The summed E-state index contributed by atoms with van der Waals surface area (Å²) in [4.78, 5) is 15.8. The van der Waals surface area contributed by atoms with Crippen molar-refractivity contribution in [2.24, 2.45) is 5.10 Å². The molecule has 2 aromatic rings. The number of rotatable bonds is 2. The molecule has 1 aromatic heterocycles. The maximum atomic E-state index is 11.8. The van der Waals surface area contributed by atoms with Crippen molar-refractivity contribution in [3.05, 3.63) is 64.9 Å². The Bertz CT molecular complexity index is 703. The summed E-state index contributed by atoms with van der Waals surface area (Å²) >= 11 is 6.19. The molecule has 1 atom stereocenters. The highest BCUT2D eigenvalue weighted by atomic mass is 35.5. The van der Waals surface area contributed by atoms with Gasteiger partial charge < -0.3 is 4.74 Å². The highest BCUT2D eigenvalue weighted by molar-refractivity contribution is 6.31. The predicted molar refractivity (Wildman–Crippen MR) is 78.6 cm³/mol. The largest absolute Gasteiger partial charge is 0.446 e. The molecule has 106 valence electrons. The van der Waals surface area contributed by atoms with E-state index in [1.165, 1.54) is 11.9 Å². The van der Waals surface area contributed by atoms with Crippen LogP contribution in [-0.4, -0.2) is 21.8 Å². The molecule has 5 nitrogen and oxygen atoms in total. The number of pyridine rings is 1. The fourth-order valence-electron chi connectivity index (χ4n) is 2.05. The summed E-state index contributed by atoms with van der Waals surface area (Å²) in [5.74, 6) is 0.127. The highest BCUT2D eigenvalue weighted by Gasteiger charge is 2.34. The van der Waals surface area contributed by atoms with Crippen molar-refractivity contribution in [2.45, 2.75) is 13.2 Å². The molecule has 0 aliphatic carbocycles. The van der Waals surface area contributed by atoms with Crippen LogP contribution in [0.3, 0.4) is 0 Å². The van der Waals surface area contributed by atoms with Crippen molar-refractivity contribution < 1.29 is 9.53 Å². The molecule has 0 unspecified atom stereocenters. The molecule has 1 aliphatic heterocycles. The van der Waals surface area contributed by atoms with Crippen molar-refractivity contribution in [1.82, 2.24) is 9.99 Å². The second kappa shape index (κ2) is 5.54. The smallest absolute Gasteiger partial charge is 0.243 e. The number of nitrogens with zero attached hydrogens (tertiary/aromatic N) is 3. The van der Waals surface area contributed by atoms with Crippen molar-refractivity contribution in [3.63, 3.8) is 0 Å². The van der Waals surface area contributed by atoms with Gasteiger partial charge in [-0.15, -0.1) is 5.10 Å². The Balaban J connectivity index is 1.98. The average molecular weight is 302 g/mol.